The Bertz CT molecular complexity index is 665. The van der Waals surface area contributed by atoms with Gasteiger partial charge in [-0.3, -0.25) is 4.79 Å². The second kappa shape index (κ2) is 7.63. The number of hydrogen-bond acceptors (Lipinski definition) is 1. The van der Waals surface area contributed by atoms with Gasteiger partial charge in [-0.15, -0.1) is 6.58 Å². The molecule has 0 aliphatic heterocycles. The number of aromatic amines is 1. The molecule has 1 aliphatic carbocycles. The standard InChI is InChI=1S/C21H27NO/c1-2-3-4-5-6-9-17(23)14-19(16-12-13-16)20-15-22-21-11-8-7-10-18(20)21/h2,7-8,10-11,15-16,19,22H,1,3-6,9,12-14H2. The van der Waals surface area contributed by atoms with Crippen molar-refractivity contribution in [3.05, 3.63) is 48.7 Å². The molecule has 0 bridgehead atoms. The fraction of sp³-hybridized carbons (Fsp3) is 0.476. The van der Waals surface area contributed by atoms with Crippen LogP contribution in [0.2, 0.25) is 0 Å². The summed E-state index contributed by atoms with van der Waals surface area (Å²) in [5.74, 6) is 1.55. The van der Waals surface area contributed by atoms with Crippen LogP contribution in [0.4, 0.5) is 0 Å². The van der Waals surface area contributed by atoms with Gasteiger partial charge in [0.1, 0.15) is 5.78 Å². The Balaban J connectivity index is 1.61. The van der Waals surface area contributed by atoms with Gasteiger partial charge in [0.05, 0.1) is 0 Å². The predicted octanol–water partition coefficient (Wildman–Crippen LogP) is 5.76. The highest BCUT2D eigenvalue weighted by Gasteiger charge is 2.34. The third-order valence-corrected chi connectivity index (χ3v) is 5.02. The molecule has 0 radical (unpaired) electrons. The first-order valence-corrected chi connectivity index (χ1v) is 8.98. The maximum Gasteiger partial charge on any atom is 0.133 e. The topological polar surface area (TPSA) is 32.9 Å². The molecule has 1 saturated carbocycles. The smallest absolute Gasteiger partial charge is 0.133 e. The lowest BCUT2D eigenvalue weighted by Gasteiger charge is -2.15. The first-order valence-electron chi connectivity index (χ1n) is 8.98. The molecule has 3 rings (SSSR count). The average Bonchev–Trinajstić information content (AvgIpc) is 3.32. The highest BCUT2D eigenvalue weighted by atomic mass is 16.1. The number of aromatic nitrogens is 1. The molecule has 1 aromatic heterocycles. The number of carbonyl (C=O) groups excluding carboxylic acids is 1. The van der Waals surface area contributed by atoms with Crippen molar-refractivity contribution in [3.63, 3.8) is 0 Å². The number of allylic oxidation sites excluding steroid dienone is 1. The summed E-state index contributed by atoms with van der Waals surface area (Å²) in [5, 5.41) is 1.29. The zero-order valence-corrected chi connectivity index (χ0v) is 13.9. The van der Waals surface area contributed by atoms with E-state index in [0.29, 0.717) is 24.0 Å². The van der Waals surface area contributed by atoms with Crippen LogP contribution in [0.15, 0.2) is 43.1 Å². The molecule has 2 nitrogen and oxygen atoms in total. The van der Waals surface area contributed by atoms with Gasteiger partial charge in [-0.25, -0.2) is 0 Å². The van der Waals surface area contributed by atoms with E-state index in [1.807, 2.05) is 6.08 Å². The minimum absolute atomic E-state index is 0.409. The molecule has 23 heavy (non-hydrogen) atoms. The summed E-state index contributed by atoms with van der Waals surface area (Å²) >= 11 is 0. The van der Waals surface area contributed by atoms with Crippen molar-refractivity contribution in [3.8, 4) is 0 Å². The Hall–Kier alpha value is -1.83. The normalized spacial score (nSPS) is 15.7. The van der Waals surface area contributed by atoms with Crippen molar-refractivity contribution in [2.75, 3.05) is 0 Å². The van der Waals surface area contributed by atoms with Crippen LogP contribution in [-0.2, 0) is 4.79 Å². The summed E-state index contributed by atoms with van der Waals surface area (Å²) < 4.78 is 0. The molecular weight excluding hydrogens is 282 g/mol. The molecule has 0 saturated heterocycles. The summed E-state index contributed by atoms with van der Waals surface area (Å²) in [6, 6.07) is 8.44. The van der Waals surface area contributed by atoms with Crippen molar-refractivity contribution in [1.29, 1.82) is 0 Å². The number of nitrogens with one attached hydrogen (secondary N) is 1. The van der Waals surface area contributed by atoms with E-state index < -0.39 is 0 Å². The Morgan fingerprint density at radius 3 is 2.87 bits per heavy atom. The number of H-pyrrole nitrogens is 1. The zero-order chi connectivity index (χ0) is 16.1. The highest BCUT2D eigenvalue weighted by Crippen LogP contribution is 2.46. The minimum atomic E-state index is 0.409. The number of fused-ring (bicyclic) bond motifs is 1. The lowest BCUT2D eigenvalue weighted by atomic mass is 9.88. The van der Waals surface area contributed by atoms with Crippen molar-refractivity contribution in [2.45, 2.75) is 57.3 Å². The fourth-order valence-corrected chi connectivity index (χ4v) is 3.56. The van der Waals surface area contributed by atoms with Crippen molar-refractivity contribution in [1.82, 2.24) is 4.98 Å². The van der Waals surface area contributed by atoms with E-state index in [4.69, 9.17) is 0 Å². The van der Waals surface area contributed by atoms with Gasteiger partial charge < -0.3 is 4.98 Å². The molecule has 1 heterocycles. The van der Waals surface area contributed by atoms with E-state index in [1.54, 1.807) is 0 Å². The molecular formula is C21H27NO. The quantitative estimate of drug-likeness (QED) is 0.439. The summed E-state index contributed by atoms with van der Waals surface area (Å²) in [4.78, 5) is 15.8. The molecule has 1 fully saturated rings. The van der Waals surface area contributed by atoms with Crippen molar-refractivity contribution in [2.24, 2.45) is 5.92 Å². The number of benzene rings is 1. The van der Waals surface area contributed by atoms with E-state index in [0.717, 1.165) is 32.1 Å². The lowest BCUT2D eigenvalue weighted by molar-refractivity contribution is -0.119. The van der Waals surface area contributed by atoms with E-state index in [9.17, 15) is 4.79 Å². The molecule has 1 aromatic carbocycles. The van der Waals surface area contributed by atoms with Gasteiger partial charge in [0.2, 0.25) is 0 Å². The average molecular weight is 309 g/mol. The third kappa shape index (κ3) is 4.13. The number of unbranched alkanes of at least 4 members (excludes halogenated alkanes) is 3. The molecule has 1 unspecified atom stereocenters. The van der Waals surface area contributed by atoms with Crippen LogP contribution >= 0.6 is 0 Å². The summed E-state index contributed by atoms with van der Waals surface area (Å²) in [7, 11) is 0. The fourth-order valence-electron chi connectivity index (χ4n) is 3.56. The summed E-state index contributed by atoms with van der Waals surface area (Å²) in [6.45, 7) is 3.74. The minimum Gasteiger partial charge on any atom is -0.361 e. The van der Waals surface area contributed by atoms with Gasteiger partial charge >= 0.3 is 0 Å². The molecule has 122 valence electrons. The van der Waals surface area contributed by atoms with Crippen molar-refractivity contribution >= 4 is 16.7 Å². The number of para-hydroxylation sites is 1. The van der Waals surface area contributed by atoms with E-state index in [1.165, 1.54) is 29.3 Å². The molecule has 1 N–H and O–H groups in total. The Labute approximate surface area is 139 Å². The first kappa shape index (κ1) is 16.0. The first-order chi connectivity index (χ1) is 11.3. The van der Waals surface area contributed by atoms with Gasteiger partial charge in [0, 0.05) is 29.9 Å². The molecule has 0 amide bonds. The van der Waals surface area contributed by atoms with Crippen LogP contribution in [-0.4, -0.2) is 10.8 Å². The molecule has 0 spiro atoms. The van der Waals surface area contributed by atoms with Crippen LogP contribution < -0.4 is 0 Å². The lowest BCUT2D eigenvalue weighted by Crippen LogP contribution is -2.09. The second-order valence-corrected chi connectivity index (χ2v) is 6.86. The highest BCUT2D eigenvalue weighted by molar-refractivity contribution is 5.85. The molecule has 2 aromatic rings. The van der Waals surface area contributed by atoms with E-state index >= 15 is 0 Å². The summed E-state index contributed by atoms with van der Waals surface area (Å²) in [5.41, 5.74) is 2.54. The SMILES string of the molecule is C=CCCCCCC(=O)CC(c1c[nH]c2ccccc12)C1CC1. The monoisotopic (exact) mass is 309 g/mol. The van der Waals surface area contributed by atoms with E-state index in [-0.39, 0.29) is 0 Å². The number of ketones is 1. The Morgan fingerprint density at radius 1 is 1.26 bits per heavy atom. The van der Waals surface area contributed by atoms with Crippen molar-refractivity contribution < 1.29 is 4.79 Å². The molecule has 1 aliphatic rings. The Kier molecular flexibility index (Phi) is 5.32. The Morgan fingerprint density at radius 2 is 2.09 bits per heavy atom. The molecule has 1 atom stereocenters. The van der Waals surface area contributed by atoms with Crippen LogP contribution in [0, 0.1) is 5.92 Å². The largest absolute Gasteiger partial charge is 0.361 e. The second-order valence-electron chi connectivity index (χ2n) is 6.86. The van der Waals surface area contributed by atoms with Gasteiger partial charge in [-0.1, -0.05) is 30.7 Å². The zero-order valence-electron chi connectivity index (χ0n) is 13.9. The number of hydrogen-bond donors (Lipinski definition) is 1. The predicted molar refractivity (Wildman–Crippen MR) is 96.7 cm³/mol. The third-order valence-electron chi connectivity index (χ3n) is 5.02. The maximum absolute atomic E-state index is 12.4. The number of Topliss-reactive ketones (excluding diaryl/α,β-unsaturated/α-hetero) is 1. The van der Waals surface area contributed by atoms with Crippen LogP contribution in [0.3, 0.4) is 0 Å². The maximum atomic E-state index is 12.4. The number of rotatable bonds is 10. The van der Waals surface area contributed by atoms with Gasteiger partial charge in [-0.05, 0) is 55.6 Å². The summed E-state index contributed by atoms with van der Waals surface area (Å²) in [6.07, 6.45) is 12.5. The molecule has 2 heteroatoms. The van der Waals surface area contributed by atoms with Gasteiger partial charge in [0.15, 0.2) is 0 Å². The van der Waals surface area contributed by atoms with E-state index in [2.05, 4.69) is 42.0 Å². The van der Waals surface area contributed by atoms with Gasteiger partial charge in [-0.2, -0.15) is 0 Å². The number of carbonyl (C=O) groups is 1. The van der Waals surface area contributed by atoms with Crippen LogP contribution in [0.1, 0.15) is 62.8 Å². The van der Waals surface area contributed by atoms with Crippen LogP contribution in [0.5, 0.6) is 0 Å². The van der Waals surface area contributed by atoms with Gasteiger partial charge in [0.25, 0.3) is 0 Å². The van der Waals surface area contributed by atoms with Crippen LogP contribution in [0.25, 0.3) is 10.9 Å².